The molecule has 3 rings (SSSR count). The van der Waals surface area contributed by atoms with Gasteiger partial charge in [0.05, 0.1) is 13.2 Å². The van der Waals surface area contributed by atoms with Crippen molar-refractivity contribution in [2.75, 3.05) is 13.7 Å². The molecule has 1 aromatic carbocycles. The summed E-state index contributed by atoms with van der Waals surface area (Å²) in [5.74, 6) is 1.21. The zero-order chi connectivity index (χ0) is 16.4. The van der Waals surface area contributed by atoms with E-state index in [0.29, 0.717) is 5.92 Å². The number of rotatable bonds is 4. The van der Waals surface area contributed by atoms with Crippen LogP contribution in [0.15, 0.2) is 42.7 Å². The molecule has 0 bridgehead atoms. The number of carbonyl (C=O) groups excluding carboxylic acids is 1. The van der Waals surface area contributed by atoms with Crippen molar-refractivity contribution in [3.8, 4) is 5.75 Å². The quantitative estimate of drug-likeness (QED) is 0.868. The SMILES string of the molecule is COc1ccc2c(c1)C(=O)N(CC(C)C)[C@H](c1cccnc1)C2. The van der Waals surface area contributed by atoms with E-state index in [2.05, 4.69) is 18.8 Å². The molecule has 0 fully saturated rings. The van der Waals surface area contributed by atoms with E-state index in [4.69, 9.17) is 4.74 Å². The van der Waals surface area contributed by atoms with Crippen LogP contribution in [0.4, 0.5) is 0 Å². The summed E-state index contributed by atoms with van der Waals surface area (Å²) >= 11 is 0. The van der Waals surface area contributed by atoms with Crippen LogP contribution >= 0.6 is 0 Å². The molecule has 2 heterocycles. The van der Waals surface area contributed by atoms with Gasteiger partial charge in [0.1, 0.15) is 5.75 Å². The van der Waals surface area contributed by atoms with E-state index in [-0.39, 0.29) is 11.9 Å². The second-order valence-electron chi connectivity index (χ2n) is 6.38. The van der Waals surface area contributed by atoms with Gasteiger partial charge >= 0.3 is 0 Å². The Bertz CT molecular complexity index is 698. The summed E-state index contributed by atoms with van der Waals surface area (Å²) in [6.45, 7) is 5.00. The molecule has 0 spiro atoms. The van der Waals surface area contributed by atoms with Crippen LogP contribution in [0.5, 0.6) is 5.75 Å². The Morgan fingerprint density at radius 1 is 1.35 bits per heavy atom. The van der Waals surface area contributed by atoms with Crippen molar-refractivity contribution >= 4 is 5.91 Å². The number of methoxy groups -OCH3 is 1. The Morgan fingerprint density at radius 2 is 2.17 bits per heavy atom. The highest BCUT2D eigenvalue weighted by molar-refractivity contribution is 5.97. The number of hydrogen-bond acceptors (Lipinski definition) is 3. The minimum absolute atomic E-state index is 0.0412. The molecule has 1 aliphatic rings. The number of benzene rings is 1. The Morgan fingerprint density at radius 3 is 2.83 bits per heavy atom. The normalized spacial score (nSPS) is 17.3. The second kappa shape index (κ2) is 6.41. The van der Waals surface area contributed by atoms with Gasteiger partial charge in [0.25, 0.3) is 5.91 Å². The molecule has 1 aromatic heterocycles. The van der Waals surface area contributed by atoms with E-state index in [1.165, 1.54) is 0 Å². The summed E-state index contributed by atoms with van der Waals surface area (Å²) in [6, 6.07) is 9.79. The first-order chi connectivity index (χ1) is 11.1. The predicted octanol–water partition coefficient (Wildman–Crippen LogP) is 3.49. The molecule has 4 heteroatoms. The van der Waals surface area contributed by atoms with Gasteiger partial charge in [-0.3, -0.25) is 9.78 Å². The molecule has 1 atom stereocenters. The van der Waals surface area contributed by atoms with Crippen molar-refractivity contribution < 1.29 is 9.53 Å². The number of hydrogen-bond donors (Lipinski definition) is 0. The molecule has 0 unspecified atom stereocenters. The van der Waals surface area contributed by atoms with E-state index in [1.807, 2.05) is 41.4 Å². The molecular weight excluding hydrogens is 288 g/mol. The summed E-state index contributed by atoms with van der Waals surface area (Å²) < 4.78 is 5.28. The average Bonchev–Trinajstić information content (AvgIpc) is 2.57. The number of aromatic nitrogens is 1. The molecule has 0 aliphatic carbocycles. The van der Waals surface area contributed by atoms with Gasteiger partial charge in [0, 0.05) is 24.5 Å². The van der Waals surface area contributed by atoms with Crippen molar-refractivity contribution in [2.45, 2.75) is 26.3 Å². The highest BCUT2D eigenvalue weighted by atomic mass is 16.5. The minimum Gasteiger partial charge on any atom is -0.497 e. The van der Waals surface area contributed by atoms with Crippen LogP contribution in [0.3, 0.4) is 0 Å². The summed E-state index contributed by atoms with van der Waals surface area (Å²) in [6.07, 6.45) is 4.43. The van der Waals surface area contributed by atoms with Crippen molar-refractivity contribution in [1.29, 1.82) is 0 Å². The van der Waals surface area contributed by atoms with Gasteiger partial charge in [-0.2, -0.15) is 0 Å². The summed E-state index contributed by atoms with van der Waals surface area (Å²) in [7, 11) is 1.62. The molecule has 4 nitrogen and oxygen atoms in total. The number of pyridine rings is 1. The number of fused-ring (bicyclic) bond motifs is 1. The first-order valence-electron chi connectivity index (χ1n) is 7.98. The lowest BCUT2D eigenvalue weighted by Gasteiger charge is -2.38. The zero-order valence-corrected chi connectivity index (χ0v) is 13.8. The molecule has 23 heavy (non-hydrogen) atoms. The topological polar surface area (TPSA) is 42.4 Å². The Balaban J connectivity index is 2.04. The van der Waals surface area contributed by atoms with Crippen LogP contribution in [0.25, 0.3) is 0 Å². The predicted molar refractivity (Wildman–Crippen MR) is 89.6 cm³/mol. The van der Waals surface area contributed by atoms with Gasteiger partial charge < -0.3 is 9.64 Å². The third-order valence-corrected chi connectivity index (χ3v) is 4.23. The molecule has 1 amide bonds. The van der Waals surface area contributed by atoms with Crippen LogP contribution in [0, 0.1) is 5.92 Å². The number of nitrogens with zero attached hydrogens (tertiary/aromatic N) is 2. The van der Waals surface area contributed by atoms with Crippen molar-refractivity contribution in [3.05, 3.63) is 59.4 Å². The molecule has 120 valence electrons. The van der Waals surface area contributed by atoms with Gasteiger partial charge in [-0.25, -0.2) is 0 Å². The fraction of sp³-hybridized carbons (Fsp3) is 0.368. The summed E-state index contributed by atoms with van der Waals surface area (Å²) in [5.41, 5.74) is 2.91. The highest BCUT2D eigenvalue weighted by Gasteiger charge is 2.33. The molecule has 0 saturated carbocycles. The smallest absolute Gasteiger partial charge is 0.254 e. The average molecular weight is 310 g/mol. The lowest BCUT2D eigenvalue weighted by atomic mass is 9.89. The molecule has 1 aliphatic heterocycles. The largest absolute Gasteiger partial charge is 0.497 e. The van der Waals surface area contributed by atoms with Gasteiger partial charge in [0.2, 0.25) is 0 Å². The van der Waals surface area contributed by atoms with E-state index >= 15 is 0 Å². The third-order valence-electron chi connectivity index (χ3n) is 4.23. The van der Waals surface area contributed by atoms with Crippen LogP contribution in [-0.4, -0.2) is 29.4 Å². The molecular formula is C19H22N2O2. The maximum Gasteiger partial charge on any atom is 0.254 e. The Labute approximate surface area is 137 Å². The van der Waals surface area contributed by atoms with Gasteiger partial charge in [-0.1, -0.05) is 26.0 Å². The van der Waals surface area contributed by atoms with Crippen LogP contribution in [-0.2, 0) is 6.42 Å². The van der Waals surface area contributed by atoms with Gasteiger partial charge in [-0.05, 0) is 41.7 Å². The second-order valence-corrected chi connectivity index (χ2v) is 6.38. The third kappa shape index (κ3) is 3.07. The minimum atomic E-state index is 0.0412. The lowest BCUT2D eigenvalue weighted by Crippen LogP contribution is -2.42. The number of carbonyl (C=O) groups is 1. The molecule has 0 saturated heterocycles. The first kappa shape index (κ1) is 15.5. The van der Waals surface area contributed by atoms with E-state index < -0.39 is 0 Å². The zero-order valence-electron chi connectivity index (χ0n) is 13.8. The van der Waals surface area contributed by atoms with Gasteiger partial charge in [0.15, 0.2) is 0 Å². The van der Waals surface area contributed by atoms with E-state index in [1.54, 1.807) is 13.3 Å². The molecule has 0 radical (unpaired) electrons. The Hall–Kier alpha value is -2.36. The highest BCUT2D eigenvalue weighted by Crippen LogP contribution is 2.34. The van der Waals surface area contributed by atoms with Crippen molar-refractivity contribution in [2.24, 2.45) is 5.92 Å². The number of ether oxygens (including phenoxy) is 1. The van der Waals surface area contributed by atoms with Crippen LogP contribution in [0.2, 0.25) is 0 Å². The summed E-state index contributed by atoms with van der Waals surface area (Å²) in [5, 5.41) is 0. The standard InChI is InChI=1S/C19H22N2O2/c1-13(2)12-21-18(15-5-4-8-20-11-15)9-14-6-7-16(23-3)10-17(14)19(21)22/h4-8,10-11,13,18H,9,12H2,1-3H3/t18-/m0/s1. The van der Waals surface area contributed by atoms with Crippen LogP contribution < -0.4 is 4.74 Å². The lowest BCUT2D eigenvalue weighted by molar-refractivity contribution is 0.0619. The van der Waals surface area contributed by atoms with E-state index in [9.17, 15) is 4.79 Å². The Kier molecular flexibility index (Phi) is 4.33. The first-order valence-corrected chi connectivity index (χ1v) is 7.98. The fourth-order valence-corrected chi connectivity index (χ4v) is 3.15. The van der Waals surface area contributed by atoms with Crippen molar-refractivity contribution in [1.82, 2.24) is 9.88 Å². The molecule has 2 aromatic rings. The fourth-order valence-electron chi connectivity index (χ4n) is 3.15. The van der Waals surface area contributed by atoms with Gasteiger partial charge in [-0.15, -0.1) is 0 Å². The van der Waals surface area contributed by atoms with Crippen molar-refractivity contribution in [3.63, 3.8) is 0 Å². The summed E-state index contributed by atoms with van der Waals surface area (Å²) in [4.78, 5) is 19.3. The van der Waals surface area contributed by atoms with E-state index in [0.717, 1.165) is 35.4 Å². The maximum absolute atomic E-state index is 13.1. The maximum atomic E-state index is 13.1. The van der Waals surface area contributed by atoms with Crippen LogP contribution in [0.1, 0.15) is 41.4 Å². The molecule has 0 N–H and O–H groups in total. The monoisotopic (exact) mass is 310 g/mol. The number of amides is 1.